The van der Waals surface area contributed by atoms with Crippen LogP contribution in [0.15, 0.2) is 0 Å². The van der Waals surface area contributed by atoms with Crippen molar-refractivity contribution in [1.29, 1.82) is 0 Å². The van der Waals surface area contributed by atoms with Gasteiger partial charge in [0.1, 0.15) is 268 Å². The van der Waals surface area contributed by atoms with Gasteiger partial charge in [-0.3, -0.25) is 9.59 Å². The van der Waals surface area contributed by atoms with Crippen LogP contribution < -0.4 is 10.6 Å². The number of nitrogens with one attached hydrogen (secondary N) is 2. The molecule has 11 saturated heterocycles. The molecule has 0 spiro atoms. The Labute approximate surface area is 722 Å². The van der Waals surface area contributed by atoms with Gasteiger partial charge in [0.05, 0.1) is 72.7 Å². The highest BCUT2D eigenvalue weighted by Gasteiger charge is 2.63. The Hall–Kier alpha value is -3.22. The fourth-order valence-electron chi connectivity index (χ4n) is 16.5. The average molecular weight is 1880 g/mol. The summed E-state index contributed by atoms with van der Waals surface area (Å²) in [4.78, 5) is 25.3. The van der Waals surface area contributed by atoms with E-state index in [1.165, 1.54) is 0 Å². The van der Waals surface area contributed by atoms with E-state index >= 15 is 0 Å². The molecule has 35 N–H and O–H groups in total. The molecule has 0 radical (unpaired) electrons. The molecule has 0 saturated carbocycles. The molecule has 0 aliphatic carbocycles. The molecule has 11 aliphatic rings. The first-order valence-electron chi connectivity index (χ1n) is 40.7. The van der Waals surface area contributed by atoms with Gasteiger partial charge in [-0.15, -0.1) is 0 Å². The number of carbonyl (C=O) groups excluding carboxylic acids is 2. The topological polar surface area (TPSA) is 920 Å². The molecule has 0 unspecified atom stereocenters. The van der Waals surface area contributed by atoms with Gasteiger partial charge in [-0.25, -0.2) is 0 Å². The van der Waals surface area contributed by atoms with E-state index < -0.39 is 422 Å². The molecule has 58 heteroatoms. The second kappa shape index (κ2) is 45.8. The van der Waals surface area contributed by atoms with E-state index in [4.69, 9.17) is 99.5 Å². The van der Waals surface area contributed by atoms with Crippen molar-refractivity contribution in [1.82, 2.24) is 10.6 Å². The number of aliphatic hydroxyl groups is 33. The van der Waals surface area contributed by atoms with Crippen LogP contribution in [0.2, 0.25) is 0 Å². The number of ether oxygens (including phenoxy) is 21. The SMILES string of the molecule is CC(=O)N[C@@H]1[C@@H](O)[C@H](O[C@@H]2O[C@H](CO)[C@@H](O[C@@H]3O[C@H](CO[C@H]4O[C@H](CO)[C@@H](O)[C@H](O)[C@@H]4O)[C@@H](O)[C@H](O[C@H]4O[C@H](CO[C@H]5O[C@H](CO)[C@@H](O)[C@H](O)[C@@H]5O[C@H]5O[C@H](CO)[C@@H](O)[C@H](O[C@H]6O[C@H](CO)[C@@H](O)[C@H](O)[C@@H]6O)[C@@H]5O)[C@@H](O)[C@H](O)[C@@H]4O[C@H]4O[C@H](CO)[C@@H](O)[C@H](O)[C@@H]4O[C@H]4O[C@H](CO)[C@@H](O)[C@H](O[C@H]5O[C@H](CO)[C@@H](O)[C@H](O)[C@H]5O)[C@@H]4O)[C@@H]3O)[C@H](O)[C@H]2NC(C)=O)[C@@H](CO)O[C@H]1O. The normalized spacial score (nSPS) is 51.7. The van der Waals surface area contributed by atoms with Gasteiger partial charge in [-0.1, -0.05) is 0 Å². The first-order valence-corrected chi connectivity index (χ1v) is 40.7. The van der Waals surface area contributed by atoms with Gasteiger partial charge < -0.3 is 279 Å². The average Bonchev–Trinajstić information content (AvgIpc) is 0.763. The molecule has 0 aromatic heterocycles. The number of hydrogen-bond donors (Lipinski definition) is 35. The van der Waals surface area contributed by atoms with Crippen molar-refractivity contribution in [2.24, 2.45) is 0 Å². The van der Waals surface area contributed by atoms with Crippen molar-refractivity contribution in [3.8, 4) is 0 Å². The maximum absolute atomic E-state index is 13.1. The molecule has 58 nitrogen and oxygen atoms in total. The Kier molecular flexibility index (Phi) is 37.7. The van der Waals surface area contributed by atoms with Crippen molar-refractivity contribution in [3.05, 3.63) is 0 Å². The largest absolute Gasteiger partial charge is 0.394 e. The summed E-state index contributed by atoms with van der Waals surface area (Å²) in [6.45, 7) is -10.7. The third kappa shape index (κ3) is 22.5. The van der Waals surface area contributed by atoms with E-state index in [9.17, 15) is 178 Å². The molecular weight excluding hydrogens is 1760 g/mol. The number of hydrogen-bond acceptors (Lipinski definition) is 56. The summed E-state index contributed by atoms with van der Waals surface area (Å²) in [6.07, 6.45) is -117. The van der Waals surface area contributed by atoms with Crippen LogP contribution in [0.25, 0.3) is 0 Å². The number of amides is 2. The van der Waals surface area contributed by atoms with Gasteiger partial charge in [0, 0.05) is 13.8 Å². The minimum absolute atomic E-state index is 0.816. The summed E-state index contributed by atoms with van der Waals surface area (Å²) in [6, 6.07) is -3.67. The first-order chi connectivity index (χ1) is 60.7. The van der Waals surface area contributed by atoms with Crippen LogP contribution >= 0.6 is 0 Å². The molecule has 11 aliphatic heterocycles. The van der Waals surface area contributed by atoms with Crippen molar-refractivity contribution in [2.45, 2.75) is 351 Å². The van der Waals surface area contributed by atoms with Crippen LogP contribution in [0, 0.1) is 0 Å². The highest BCUT2D eigenvalue weighted by molar-refractivity contribution is 5.73. The van der Waals surface area contributed by atoms with E-state index in [-0.39, 0.29) is 0 Å². The van der Waals surface area contributed by atoms with Crippen LogP contribution in [-0.2, 0) is 109 Å². The van der Waals surface area contributed by atoms with Crippen LogP contribution in [0.3, 0.4) is 0 Å². The lowest BCUT2D eigenvalue weighted by atomic mass is 9.94. The Morgan fingerprint density at radius 1 is 0.203 bits per heavy atom. The standard InChI is InChI=1S/C70H118N2O56/c1-14(82)71-27-38(93)52(23(10-80)110-60(27)107)121-61-28(72-15(2)83)39(94)53(24(11-81)118-61)122-67-51(106)56(37(92)26(119-67)13-108-62-46(101)40(95)29(84)16(3-73)111-62)125-70-59(128-69-58(44(99)33(88)20(7-77)117-69)127-66-50(105)55(36(91)22(9-79)115-66)124-64-48(103)42(97)31(86)18(5-75)113-64)45(100)34(89)25(120-70)12-109-68-57(43(98)32(87)19(6-76)116-68)126-65-49(104)54(35(90)21(8-78)114-65)123-63-47(102)41(96)30(85)17(4-74)112-63/h16-70,73-81,84-107H,3-13H2,1-2H3,(H,71,82)(H,72,83)/t16-,17-,18-,19-,20-,21-,22-,23-,24-,25-,26-,27-,28-,29-,30-,31-,32-,33-,34-,35-,36-,37-,38-,39-,40+,41+,42+,43+,44+,45+,46+,47+,48-,49+,50+,51+,52-,53-,54+,55+,56+,57+,58+,59+,60-,61+,62+,63-,64-,65-,66-,67+,68+,69-,70-/m1/s1. The molecule has 0 bridgehead atoms. The summed E-state index contributed by atoms with van der Waals surface area (Å²) in [7, 11) is 0. The molecule has 0 aromatic rings. The van der Waals surface area contributed by atoms with Gasteiger partial charge >= 0.3 is 0 Å². The lowest BCUT2D eigenvalue weighted by Gasteiger charge is -2.51. The van der Waals surface area contributed by atoms with E-state index in [1.54, 1.807) is 0 Å². The molecule has 128 heavy (non-hydrogen) atoms. The quantitative estimate of drug-likeness (QED) is 0.0290. The second-order valence-electron chi connectivity index (χ2n) is 32.3. The summed E-state index contributed by atoms with van der Waals surface area (Å²) in [5.41, 5.74) is 0. The smallest absolute Gasteiger partial charge is 0.217 e. The van der Waals surface area contributed by atoms with Gasteiger partial charge in [0.25, 0.3) is 0 Å². The highest BCUT2D eigenvalue weighted by Crippen LogP contribution is 2.42. The molecule has 11 fully saturated rings. The number of rotatable bonds is 33. The van der Waals surface area contributed by atoms with Crippen LogP contribution in [-0.4, -0.2) is 591 Å². The van der Waals surface area contributed by atoms with Crippen molar-refractivity contribution >= 4 is 11.8 Å². The van der Waals surface area contributed by atoms with Gasteiger partial charge in [0.15, 0.2) is 69.2 Å². The zero-order valence-electron chi connectivity index (χ0n) is 67.7. The lowest BCUT2D eigenvalue weighted by molar-refractivity contribution is -0.413. The maximum Gasteiger partial charge on any atom is 0.217 e. The van der Waals surface area contributed by atoms with Crippen LogP contribution in [0.5, 0.6) is 0 Å². The fraction of sp³-hybridized carbons (Fsp3) is 0.971. The summed E-state index contributed by atoms with van der Waals surface area (Å²) >= 11 is 0. The predicted molar refractivity (Wildman–Crippen MR) is 386 cm³/mol. The molecule has 55 atom stereocenters. The molecule has 744 valence electrons. The zero-order chi connectivity index (χ0) is 94.0. The van der Waals surface area contributed by atoms with Crippen molar-refractivity contribution < 1.29 is 278 Å². The summed E-state index contributed by atoms with van der Waals surface area (Å²) in [5.74, 6) is -1.80. The van der Waals surface area contributed by atoms with E-state index in [1.807, 2.05) is 0 Å². The van der Waals surface area contributed by atoms with Crippen LogP contribution in [0.1, 0.15) is 13.8 Å². The van der Waals surface area contributed by atoms with Gasteiger partial charge in [-0.2, -0.15) is 0 Å². The third-order valence-corrected chi connectivity index (χ3v) is 23.8. The number of aliphatic hydroxyl groups excluding tert-OH is 33. The summed E-state index contributed by atoms with van der Waals surface area (Å²) < 4.78 is 123. The second-order valence-corrected chi connectivity index (χ2v) is 32.3. The number of carbonyl (C=O) groups is 2. The minimum atomic E-state index is -2.74. The van der Waals surface area contributed by atoms with Crippen molar-refractivity contribution in [2.75, 3.05) is 72.7 Å². The fourth-order valence-corrected chi connectivity index (χ4v) is 16.5. The first kappa shape index (κ1) is 105. The Balaban J connectivity index is 0.951. The monoisotopic (exact) mass is 1880 g/mol. The predicted octanol–water partition coefficient (Wildman–Crippen LogP) is -24.7. The van der Waals surface area contributed by atoms with E-state index in [0.717, 1.165) is 13.8 Å². The van der Waals surface area contributed by atoms with Gasteiger partial charge in [0.2, 0.25) is 11.8 Å². The molecule has 11 heterocycles. The molecule has 11 rings (SSSR count). The highest BCUT2D eigenvalue weighted by atomic mass is 16.8. The third-order valence-electron chi connectivity index (χ3n) is 23.8. The maximum atomic E-state index is 13.1. The lowest BCUT2D eigenvalue weighted by Crippen LogP contribution is -2.70. The Morgan fingerprint density at radius 3 is 0.820 bits per heavy atom. The summed E-state index contributed by atoms with van der Waals surface area (Å²) in [5, 5.41) is 373. The zero-order valence-corrected chi connectivity index (χ0v) is 67.7. The molecule has 0 aromatic carbocycles. The molecule has 2 amide bonds. The van der Waals surface area contributed by atoms with E-state index in [2.05, 4.69) is 10.6 Å². The Bertz CT molecular complexity index is 3380. The van der Waals surface area contributed by atoms with Crippen LogP contribution in [0.4, 0.5) is 0 Å². The van der Waals surface area contributed by atoms with Gasteiger partial charge in [-0.05, 0) is 0 Å². The van der Waals surface area contributed by atoms with E-state index in [0.29, 0.717) is 0 Å². The minimum Gasteiger partial charge on any atom is -0.394 e. The van der Waals surface area contributed by atoms with Crippen molar-refractivity contribution in [3.63, 3.8) is 0 Å². The molecular formula is C70H118N2O56. The Morgan fingerprint density at radius 2 is 0.430 bits per heavy atom.